The molecule has 11 nitrogen and oxygen atoms in total. The number of benzene rings is 2. The number of aryl methyl sites for hydroxylation is 1. The molecule has 0 bridgehead atoms. The van der Waals surface area contributed by atoms with Gasteiger partial charge in [0.05, 0.1) is 25.3 Å². The molecular weight excluding hydrogens is 522 g/mol. The predicted octanol–water partition coefficient (Wildman–Crippen LogP) is 3.89. The Labute approximate surface area is 240 Å². The molecule has 0 atom stereocenters. The van der Waals surface area contributed by atoms with Crippen LogP contribution in [0, 0.1) is 0 Å². The van der Waals surface area contributed by atoms with Crippen LogP contribution in [0.1, 0.15) is 16.9 Å². The summed E-state index contributed by atoms with van der Waals surface area (Å²) in [5.41, 5.74) is 2.80. The van der Waals surface area contributed by atoms with Gasteiger partial charge in [-0.1, -0.05) is 0 Å². The highest BCUT2D eigenvalue weighted by atomic mass is 16.5. The number of carbonyl (C=O) groups is 1. The minimum absolute atomic E-state index is 0.209. The number of nitrogens with one attached hydrogen (secondary N) is 2. The monoisotopic (exact) mass is 559 g/mol. The summed E-state index contributed by atoms with van der Waals surface area (Å²) < 4.78 is 18.8. The lowest BCUT2D eigenvalue weighted by atomic mass is 10.2. The smallest absolute Gasteiger partial charge is 0.270 e. The largest absolute Gasteiger partial charge is 0.497 e. The average Bonchev–Trinajstić information content (AvgIpc) is 3.29. The van der Waals surface area contributed by atoms with Gasteiger partial charge in [-0.05, 0) is 38.2 Å². The lowest BCUT2D eigenvalue weighted by Crippen LogP contribution is -2.45. The van der Waals surface area contributed by atoms with E-state index in [1.54, 1.807) is 32.5 Å². The lowest BCUT2D eigenvalue weighted by molar-refractivity contribution is 0.0944. The minimum atomic E-state index is -0.209. The topological polar surface area (TPSA) is 106 Å². The molecule has 2 aromatic carbocycles. The van der Waals surface area contributed by atoms with Crippen molar-refractivity contribution in [1.82, 2.24) is 29.7 Å². The van der Waals surface area contributed by atoms with Crippen LogP contribution in [-0.4, -0.2) is 90.8 Å². The van der Waals surface area contributed by atoms with Crippen LogP contribution < -0.4 is 24.8 Å². The third-order valence-electron chi connectivity index (χ3n) is 7.19. The first-order valence-electron chi connectivity index (χ1n) is 13.7. The van der Waals surface area contributed by atoms with E-state index >= 15 is 0 Å². The summed E-state index contributed by atoms with van der Waals surface area (Å²) in [5, 5.41) is 6.31. The van der Waals surface area contributed by atoms with Gasteiger partial charge in [0.25, 0.3) is 5.91 Å². The Balaban J connectivity index is 1.21. The highest BCUT2D eigenvalue weighted by molar-refractivity contribution is 5.92. The Kier molecular flexibility index (Phi) is 8.85. The first-order chi connectivity index (χ1) is 19.9. The van der Waals surface area contributed by atoms with Crippen LogP contribution in [0.2, 0.25) is 0 Å². The number of hydrogen-bond donors (Lipinski definition) is 2. The predicted molar refractivity (Wildman–Crippen MR) is 159 cm³/mol. The average molecular weight is 560 g/mol. The molecule has 4 aromatic rings. The normalized spacial score (nSPS) is 14.1. The highest BCUT2D eigenvalue weighted by Crippen LogP contribution is 2.31. The molecule has 2 N–H and O–H groups in total. The molecule has 11 heteroatoms. The van der Waals surface area contributed by atoms with Crippen molar-refractivity contribution in [3.8, 4) is 23.0 Å². The summed E-state index contributed by atoms with van der Waals surface area (Å²) >= 11 is 0. The van der Waals surface area contributed by atoms with E-state index in [4.69, 9.17) is 19.2 Å². The van der Waals surface area contributed by atoms with Crippen LogP contribution in [0.4, 0.5) is 11.6 Å². The molecule has 1 aliphatic heterocycles. The van der Waals surface area contributed by atoms with E-state index in [0.717, 1.165) is 55.9 Å². The maximum atomic E-state index is 12.7. The van der Waals surface area contributed by atoms with Gasteiger partial charge in [-0.25, -0.2) is 4.98 Å². The summed E-state index contributed by atoms with van der Waals surface area (Å²) in [5.74, 6) is 2.94. The molecule has 1 fully saturated rings. The molecule has 0 radical (unpaired) electrons. The molecule has 0 spiro atoms. The molecule has 5 rings (SSSR count). The van der Waals surface area contributed by atoms with E-state index < -0.39 is 0 Å². The highest BCUT2D eigenvalue weighted by Gasteiger charge is 2.15. The van der Waals surface area contributed by atoms with Crippen molar-refractivity contribution >= 4 is 28.6 Å². The van der Waals surface area contributed by atoms with Crippen molar-refractivity contribution in [2.24, 2.45) is 7.05 Å². The van der Waals surface area contributed by atoms with Gasteiger partial charge in [-0.2, -0.15) is 0 Å². The van der Waals surface area contributed by atoms with Crippen molar-refractivity contribution in [3.05, 3.63) is 60.4 Å². The second kappa shape index (κ2) is 12.9. The Morgan fingerprint density at radius 1 is 0.902 bits per heavy atom. The molecule has 0 unspecified atom stereocenters. The van der Waals surface area contributed by atoms with Gasteiger partial charge < -0.3 is 39.2 Å². The number of piperazine rings is 1. The summed E-state index contributed by atoms with van der Waals surface area (Å²) in [6, 6.07) is 14.6. The maximum absolute atomic E-state index is 12.7. The van der Waals surface area contributed by atoms with Crippen LogP contribution in [-0.2, 0) is 7.05 Å². The fourth-order valence-corrected chi connectivity index (χ4v) is 4.77. The van der Waals surface area contributed by atoms with E-state index in [1.165, 1.54) is 0 Å². The number of hydrogen-bond acceptors (Lipinski definition) is 9. The summed E-state index contributed by atoms with van der Waals surface area (Å²) in [4.78, 5) is 26.5. The van der Waals surface area contributed by atoms with E-state index in [0.29, 0.717) is 41.2 Å². The van der Waals surface area contributed by atoms with Gasteiger partial charge in [-0.15, -0.1) is 0 Å². The molecule has 2 aromatic heterocycles. The number of rotatable bonds is 11. The number of likely N-dealkylation sites (N-methyl/N-ethyl adjacent to an activating group) is 1. The number of anilines is 2. The van der Waals surface area contributed by atoms with Crippen LogP contribution >= 0.6 is 0 Å². The zero-order valence-electron chi connectivity index (χ0n) is 24.0. The zero-order valence-corrected chi connectivity index (χ0v) is 24.0. The Morgan fingerprint density at radius 2 is 1.63 bits per heavy atom. The maximum Gasteiger partial charge on any atom is 0.270 e. The van der Waals surface area contributed by atoms with E-state index in [9.17, 15) is 4.79 Å². The van der Waals surface area contributed by atoms with Crippen molar-refractivity contribution in [3.63, 3.8) is 0 Å². The number of aromatic nitrogens is 3. The summed E-state index contributed by atoms with van der Waals surface area (Å²) in [6.45, 7) is 5.91. The quantitative estimate of drug-likeness (QED) is 0.265. The molecule has 1 saturated heterocycles. The molecule has 0 aliphatic carbocycles. The van der Waals surface area contributed by atoms with Gasteiger partial charge in [-0.3, -0.25) is 9.78 Å². The third kappa shape index (κ3) is 7.05. The fourth-order valence-electron chi connectivity index (χ4n) is 4.77. The van der Waals surface area contributed by atoms with Crippen LogP contribution in [0.25, 0.3) is 11.0 Å². The van der Waals surface area contributed by atoms with Gasteiger partial charge in [0.15, 0.2) is 0 Å². The number of nitrogens with zero attached hydrogens (tertiary/aromatic N) is 5. The number of methoxy groups -OCH3 is 2. The standard InChI is InChI=1S/C30H37N7O4/c1-35-12-14-37(15-13-35)11-5-9-32-29(38)27-20-23(8-10-31-27)41-22-6-7-28-26(19-22)34-30(36(28)2)33-21-16-24(39-3)18-25(17-21)40-4/h6-8,10,16-20H,5,9,11-15H2,1-4H3,(H,32,38)(H,33,34). The van der Waals surface area contributed by atoms with E-state index in [1.807, 2.05) is 48.0 Å². The van der Waals surface area contributed by atoms with Crippen molar-refractivity contribution < 1.29 is 19.0 Å². The molecule has 0 saturated carbocycles. The number of amides is 1. The third-order valence-corrected chi connectivity index (χ3v) is 7.19. The van der Waals surface area contributed by atoms with Gasteiger partial charge in [0, 0.05) is 82.0 Å². The summed E-state index contributed by atoms with van der Waals surface area (Å²) in [7, 11) is 7.32. The molecule has 216 valence electrons. The van der Waals surface area contributed by atoms with Crippen molar-refractivity contribution in [1.29, 1.82) is 0 Å². The zero-order chi connectivity index (χ0) is 28.8. The fraction of sp³-hybridized carbons (Fsp3) is 0.367. The first kappa shape index (κ1) is 28.2. The van der Waals surface area contributed by atoms with Crippen LogP contribution in [0.15, 0.2) is 54.7 Å². The number of imidazole rings is 1. The number of fused-ring (bicyclic) bond motifs is 1. The Bertz CT molecular complexity index is 1480. The molecular formula is C30H37N7O4. The molecule has 3 heterocycles. The SMILES string of the molecule is COc1cc(Nc2nc3cc(Oc4ccnc(C(=O)NCCCN5CCN(C)CC5)c4)ccc3n2C)cc(OC)c1. The Hall–Kier alpha value is -4.35. The second-order valence-electron chi connectivity index (χ2n) is 10.1. The molecule has 41 heavy (non-hydrogen) atoms. The number of ether oxygens (including phenoxy) is 3. The molecule has 1 amide bonds. The lowest BCUT2D eigenvalue weighted by Gasteiger charge is -2.32. The number of pyridine rings is 1. The first-order valence-corrected chi connectivity index (χ1v) is 13.7. The minimum Gasteiger partial charge on any atom is -0.497 e. The van der Waals surface area contributed by atoms with Gasteiger partial charge in [0.2, 0.25) is 5.95 Å². The van der Waals surface area contributed by atoms with Crippen LogP contribution in [0.3, 0.4) is 0 Å². The van der Waals surface area contributed by atoms with Gasteiger partial charge in [0.1, 0.15) is 28.7 Å². The Morgan fingerprint density at radius 3 is 2.37 bits per heavy atom. The van der Waals surface area contributed by atoms with E-state index in [-0.39, 0.29) is 5.91 Å². The molecule has 1 aliphatic rings. The van der Waals surface area contributed by atoms with Gasteiger partial charge >= 0.3 is 0 Å². The second-order valence-corrected chi connectivity index (χ2v) is 10.1. The van der Waals surface area contributed by atoms with Crippen LogP contribution in [0.5, 0.6) is 23.0 Å². The summed E-state index contributed by atoms with van der Waals surface area (Å²) in [6.07, 6.45) is 2.48. The number of carbonyl (C=O) groups excluding carboxylic acids is 1. The van der Waals surface area contributed by atoms with E-state index in [2.05, 4.69) is 32.5 Å². The van der Waals surface area contributed by atoms with Crippen molar-refractivity contribution in [2.45, 2.75) is 6.42 Å². The van der Waals surface area contributed by atoms with Crippen molar-refractivity contribution in [2.75, 3.05) is 65.9 Å².